The predicted molar refractivity (Wildman–Crippen MR) is 177 cm³/mol. The van der Waals surface area contributed by atoms with Crippen LogP contribution in [0.25, 0.3) is 21.5 Å². The first-order chi connectivity index (χ1) is 22.6. The fourth-order valence-corrected chi connectivity index (χ4v) is 5.53. The molecule has 0 spiro atoms. The molecule has 0 bridgehead atoms. The second-order valence-corrected chi connectivity index (χ2v) is 10.8. The molecule has 0 saturated heterocycles. The number of aromatic hydroxyl groups is 2. The number of phenolic OH excluding ortho intramolecular Hbond substituents is 2. The van der Waals surface area contributed by atoms with Crippen molar-refractivity contribution in [3.63, 3.8) is 0 Å². The number of aromatic carboxylic acids is 2. The molecular weight excluding hydrogens is 600 g/mol. The zero-order valence-corrected chi connectivity index (χ0v) is 24.5. The summed E-state index contributed by atoms with van der Waals surface area (Å²) in [5.41, 5.74) is 0.910. The second-order valence-electron chi connectivity index (χ2n) is 10.8. The fraction of sp³-hybridized carbons (Fsp3) is 0.0270. The number of para-hydroxylation sites is 2. The zero-order valence-electron chi connectivity index (χ0n) is 24.5. The highest BCUT2D eigenvalue weighted by molar-refractivity contribution is 6.12. The summed E-state index contributed by atoms with van der Waals surface area (Å²) in [4.78, 5) is 50.5. The van der Waals surface area contributed by atoms with Gasteiger partial charge in [0, 0.05) is 28.9 Å². The minimum Gasteiger partial charge on any atom is -0.507 e. The molecule has 0 aliphatic rings. The van der Waals surface area contributed by atoms with E-state index in [1.54, 1.807) is 60.7 Å². The number of phenols is 2. The third-order valence-corrected chi connectivity index (χ3v) is 7.84. The summed E-state index contributed by atoms with van der Waals surface area (Å²) in [7, 11) is 0. The maximum Gasteiger partial charge on any atom is 0.335 e. The van der Waals surface area contributed by atoms with Gasteiger partial charge in [0.05, 0.1) is 22.3 Å². The Hall–Kier alpha value is -6.68. The number of hydrogen-bond donors (Lipinski definition) is 6. The Kier molecular flexibility index (Phi) is 7.99. The third kappa shape index (κ3) is 6.03. The van der Waals surface area contributed by atoms with Gasteiger partial charge in [-0.05, 0) is 82.2 Å². The quantitative estimate of drug-likeness (QED) is 0.106. The highest BCUT2D eigenvalue weighted by Crippen LogP contribution is 2.40. The summed E-state index contributed by atoms with van der Waals surface area (Å²) in [6.45, 7) is 0. The van der Waals surface area contributed by atoms with E-state index in [2.05, 4.69) is 10.6 Å². The van der Waals surface area contributed by atoms with E-state index in [1.807, 2.05) is 0 Å². The Bertz CT molecular complexity index is 2070. The number of hydrogen-bond acceptors (Lipinski definition) is 6. The second kappa shape index (κ2) is 12.4. The van der Waals surface area contributed by atoms with Gasteiger partial charge >= 0.3 is 11.9 Å². The van der Waals surface area contributed by atoms with Gasteiger partial charge < -0.3 is 31.1 Å². The highest BCUT2D eigenvalue weighted by Gasteiger charge is 2.24. The van der Waals surface area contributed by atoms with Crippen LogP contribution in [0.2, 0.25) is 0 Å². The molecule has 0 aliphatic heterocycles. The van der Waals surface area contributed by atoms with Crippen molar-refractivity contribution in [2.75, 3.05) is 10.6 Å². The van der Waals surface area contributed by atoms with Crippen molar-refractivity contribution in [3.05, 3.63) is 143 Å². The molecule has 0 aromatic heterocycles. The van der Waals surface area contributed by atoms with E-state index in [0.29, 0.717) is 32.9 Å². The number of carboxylic acid groups (broad SMARTS) is 2. The van der Waals surface area contributed by atoms with E-state index >= 15 is 0 Å². The molecule has 6 aromatic rings. The molecule has 0 radical (unpaired) electrons. The first kappa shape index (κ1) is 30.4. The summed E-state index contributed by atoms with van der Waals surface area (Å²) in [5.74, 6) is -4.52. The van der Waals surface area contributed by atoms with Gasteiger partial charge in [-0.2, -0.15) is 0 Å². The van der Waals surface area contributed by atoms with Crippen molar-refractivity contribution in [1.82, 2.24) is 0 Å². The van der Waals surface area contributed by atoms with Crippen LogP contribution < -0.4 is 10.6 Å². The number of anilines is 2. The van der Waals surface area contributed by atoms with Gasteiger partial charge in [-0.3, -0.25) is 9.59 Å². The minimum atomic E-state index is -1.19. The molecule has 10 nitrogen and oxygen atoms in total. The van der Waals surface area contributed by atoms with Gasteiger partial charge in [0.25, 0.3) is 11.8 Å². The Morgan fingerprint density at radius 1 is 0.511 bits per heavy atom. The van der Waals surface area contributed by atoms with Crippen molar-refractivity contribution in [3.8, 4) is 11.5 Å². The van der Waals surface area contributed by atoms with Crippen molar-refractivity contribution >= 4 is 56.7 Å². The molecule has 0 heterocycles. The number of nitrogens with one attached hydrogen (secondary N) is 2. The van der Waals surface area contributed by atoms with Gasteiger partial charge in [-0.1, -0.05) is 48.5 Å². The third-order valence-electron chi connectivity index (χ3n) is 7.84. The number of fused-ring (bicyclic) bond motifs is 2. The lowest BCUT2D eigenvalue weighted by atomic mass is 9.89. The van der Waals surface area contributed by atoms with Crippen LogP contribution in [0.4, 0.5) is 11.4 Å². The normalized spacial score (nSPS) is 10.9. The number of carbonyl (C=O) groups is 4. The van der Waals surface area contributed by atoms with E-state index in [0.717, 1.165) is 0 Å². The van der Waals surface area contributed by atoms with E-state index in [4.69, 9.17) is 0 Å². The van der Waals surface area contributed by atoms with Crippen LogP contribution in [-0.2, 0) is 6.42 Å². The van der Waals surface area contributed by atoms with E-state index in [9.17, 15) is 39.6 Å². The Balaban J connectivity index is 1.55. The maximum atomic E-state index is 13.5. The molecule has 0 atom stereocenters. The van der Waals surface area contributed by atoms with Crippen LogP contribution in [0.3, 0.4) is 0 Å². The van der Waals surface area contributed by atoms with Crippen LogP contribution in [0, 0.1) is 0 Å². The van der Waals surface area contributed by atoms with Gasteiger partial charge in [0.2, 0.25) is 0 Å². The molecule has 6 N–H and O–H groups in total. The summed E-state index contributed by atoms with van der Waals surface area (Å²) >= 11 is 0. The summed E-state index contributed by atoms with van der Waals surface area (Å²) in [6, 6.07) is 28.4. The van der Waals surface area contributed by atoms with Crippen LogP contribution in [-0.4, -0.2) is 44.2 Å². The lowest BCUT2D eigenvalue weighted by molar-refractivity contribution is 0.0686. The van der Waals surface area contributed by atoms with Gasteiger partial charge in [-0.25, -0.2) is 9.59 Å². The highest BCUT2D eigenvalue weighted by atomic mass is 16.4. The summed E-state index contributed by atoms with van der Waals surface area (Å²) in [6.07, 6.45) is -0.220. The first-order valence-electron chi connectivity index (χ1n) is 14.4. The Morgan fingerprint density at radius 2 is 0.894 bits per heavy atom. The first-order valence-corrected chi connectivity index (χ1v) is 14.4. The standard InChI is InChI=1S/C37H26N2O8/c40-32-28(26-13-11-20(36(44)45)15-22(26)17-30(32)34(42)38-24-7-3-1-4-8-24)19-29-27-14-12-21(37(46)47)16-23(27)18-31(33(29)41)35(43)39-25-9-5-2-6-10-25/h1-18,40-41H,19H2,(H,38,42)(H,39,43)(H,44,45)(H,46,47). The number of carbonyl (C=O) groups excluding carboxylic acids is 2. The zero-order chi connectivity index (χ0) is 33.2. The summed E-state index contributed by atoms with van der Waals surface area (Å²) < 4.78 is 0. The van der Waals surface area contributed by atoms with Gasteiger partial charge in [-0.15, -0.1) is 0 Å². The molecule has 47 heavy (non-hydrogen) atoms. The lowest BCUT2D eigenvalue weighted by Crippen LogP contribution is -2.14. The van der Waals surface area contributed by atoms with Crippen LogP contribution in [0.1, 0.15) is 52.6 Å². The minimum absolute atomic E-state index is 0.0439. The number of carboxylic acids is 2. The molecule has 6 rings (SSSR count). The number of amides is 2. The molecule has 0 fully saturated rings. The lowest BCUT2D eigenvalue weighted by Gasteiger charge is -2.18. The fourth-order valence-electron chi connectivity index (χ4n) is 5.53. The Labute approximate surface area is 267 Å². The van der Waals surface area contributed by atoms with Crippen molar-refractivity contribution in [1.29, 1.82) is 0 Å². The molecule has 0 aliphatic carbocycles. The topological polar surface area (TPSA) is 173 Å². The Morgan fingerprint density at radius 3 is 1.26 bits per heavy atom. The largest absolute Gasteiger partial charge is 0.507 e. The van der Waals surface area contributed by atoms with Crippen LogP contribution in [0.5, 0.6) is 11.5 Å². The molecule has 2 amide bonds. The van der Waals surface area contributed by atoms with Gasteiger partial charge in [0.15, 0.2) is 0 Å². The van der Waals surface area contributed by atoms with E-state index in [-0.39, 0.29) is 39.8 Å². The molecule has 6 aromatic carbocycles. The van der Waals surface area contributed by atoms with Crippen LogP contribution in [0.15, 0.2) is 109 Å². The summed E-state index contributed by atoms with van der Waals surface area (Å²) in [5, 5.41) is 49.4. The predicted octanol–water partition coefficient (Wildman–Crippen LogP) is 6.90. The van der Waals surface area contributed by atoms with Gasteiger partial charge in [0.1, 0.15) is 11.5 Å². The van der Waals surface area contributed by atoms with Crippen molar-refractivity contribution < 1.29 is 39.6 Å². The molecule has 232 valence electrons. The molecular formula is C37H26N2O8. The monoisotopic (exact) mass is 626 g/mol. The van der Waals surface area contributed by atoms with Crippen molar-refractivity contribution in [2.45, 2.75) is 6.42 Å². The number of rotatable bonds is 8. The molecule has 0 unspecified atom stereocenters. The maximum absolute atomic E-state index is 13.5. The van der Waals surface area contributed by atoms with Crippen LogP contribution >= 0.6 is 0 Å². The SMILES string of the molecule is O=C(O)c1ccc2c(Cc3c(O)c(C(=O)Nc4ccccc4)cc4cc(C(=O)O)ccc34)c(O)c(C(=O)Nc3ccccc3)cc2c1. The molecule has 10 heteroatoms. The molecule has 0 saturated carbocycles. The average molecular weight is 627 g/mol. The van der Waals surface area contributed by atoms with E-state index < -0.39 is 35.3 Å². The smallest absolute Gasteiger partial charge is 0.335 e. The van der Waals surface area contributed by atoms with Crippen molar-refractivity contribution in [2.24, 2.45) is 0 Å². The van der Waals surface area contributed by atoms with E-state index in [1.165, 1.54) is 48.5 Å². The number of benzene rings is 6. The average Bonchev–Trinajstić information content (AvgIpc) is 3.06.